The molecule has 24 heteroatoms. The maximum Gasteiger partial charge on any atom is 0.410 e. The molecule has 4 aliphatic heterocycles. The summed E-state index contributed by atoms with van der Waals surface area (Å²) in [5.74, 6) is 2.83. The highest BCUT2D eigenvalue weighted by molar-refractivity contribution is 9.10. The number of ether oxygens (including phenoxy) is 8. The Balaban J connectivity index is 0.000000198. The van der Waals surface area contributed by atoms with Crippen LogP contribution in [0.25, 0.3) is 41.6 Å². The Bertz CT molecular complexity index is 3890. The Morgan fingerprint density at radius 3 is 1.15 bits per heavy atom. The molecule has 504 valence electrons. The molecule has 0 saturated carbocycles. The number of methoxy groups -OCH3 is 2. The molecule has 21 nitrogen and oxygen atoms in total. The summed E-state index contributed by atoms with van der Waals surface area (Å²) in [7, 11) is 3.24. The fourth-order valence-corrected chi connectivity index (χ4v) is 10.0. The van der Waals surface area contributed by atoms with Gasteiger partial charge in [0.25, 0.3) is 0 Å². The quantitative estimate of drug-likeness (QED) is 0.0732. The van der Waals surface area contributed by atoms with Gasteiger partial charge in [-0.1, -0.05) is 74.8 Å². The lowest BCUT2D eigenvalue weighted by Gasteiger charge is -2.39. The van der Waals surface area contributed by atoms with Crippen LogP contribution in [0.1, 0.15) is 62.3 Å². The second-order valence-electron chi connectivity index (χ2n) is 25.0. The van der Waals surface area contributed by atoms with Crippen molar-refractivity contribution in [2.24, 2.45) is 0 Å². The summed E-state index contributed by atoms with van der Waals surface area (Å²) in [5.41, 5.74) is 3.87. The number of nitrogens with zero attached hydrogens (tertiary/aromatic N) is 8. The van der Waals surface area contributed by atoms with E-state index in [0.29, 0.717) is 96.8 Å². The molecule has 0 radical (unpaired) electrons. The van der Waals surface area contributed by atoms with Gasteiger partial charge in [0.2, 0.25) is 5.91 Å². The van der Waals surface area contributed by atoms with Crippen molar-refractivity contribution in [1.82, 2.24) is 19.6 Å². The van der Waals surface area contributed by atoms with Crippen LogP contribution in [0, 0.1) is 32.1 Å². The Morgan fingerprint density at radius 1 is 0.490 bits per heavy atom. The van der Waals surface area contributed by atoms with E-state index in [4.69, 9.17) is 69.3 Å². The lowest BCUT2D eigenvalue weighted by molar-refractivity contribution is -0.134. The van der Waals surface area contributed by atoms with Gasteiger partial charge in [0.15, 0.2) is 22.7 Å². The van der Waals surface area contributed by atoms with E-state index in [-0.39, 0.29) is 54.4 Å². The van der Waals surface area contributed by atoms with Gasteiger partial charge in [-0.3, -0.25) is 4.79 Å². The van der Waals surface area contributed by atoms with Gasteiger partial charge in [-0.2, -0.15) is 0 Å². The average Bonchev–Trinajstić information content (AvgIpc) is 0.837. The molecule has 0 unspecified atom stereocenters. The molecular formula is C72H77Br2FN8O13. The highest BCUT2D eigenvalue weighted by Crippen LogP contribution is 2.38. The Kier molecular flexibility index (Phi) is 26.6. The number of β-amino-alcohol motifs (C(OH)–C–C–N with tert-alkyl or cyclic N) is 1. The zero-order valence-corrected chi connectivity index (χ0v) is 58.5. The van der Waals surface area contributed by atoms with Gasteiger partial charge < -0.3 is 62.6 Å². The van der Waals surface area contributed by atoms with Gasteiger partial charge in [-0.25, -0.2) is 38.2 Å². The number of rotatable bonds is 11. The van der Waals surface area contributed by atoms with E-state index in [0.717, 1.165) is 38.2 Å². The van der Waals surface area contributed by atoms with Crippen LogP contribution in [0.4, 0.5) is 41.5 Å². The molecule has 0 aliphatic carbocycles. The first-order valence-corrected chi connectivity index (χ1v) is 31.8. The predicted molar refractivity (Wildman–Crippen MR) is 370 cm³/mol. The van der Waals surface area contributed by atoms with Crippen molar-refractivity contribution in [2.75, 3.05) is 66.6 Å². The largest absolute Gasteiger partial charge is 0.496 e. The molecule has 4 amide bonds. The lowest BCUT2D eigenvalue weighted by atomic mass is 10.0. The molecule has 0 atom stereocenters. The van der Waals surface area contributed by atoms with Crippen molar-refractivity contribution in [2.45, 2.75) is 104 Å². The van der Waals surface area contributed by atoms with Gasteiger partial charge in [0, 0.05) is 20.1 Å². The number of hydrogen-bond donors (Lipinski definition) is 1. The van der Waals surface area contributed by atoms with Crippen LogP contribution in [0.15, 0.2) is 143 Å². The summed E-state index contributed by atoms with van der Waals surface area (Å²) >= 11 is 6.41. The minimum Gasteiger partial charge on any atom is -0.496 e. The number of benzene rings is 6. The van der Waals surface area contributed by atoms with Crippen LogP contribution in [0.3, 0.4) is 0 Å². The number of likely N-dealkylation sites (tertiary alicyclic amines) is 4. The molecule has 4 heterocycles. The molecule has 6 aromatic rings. The molecule has 6 aromatic carbocycles. The van der Waals surface area contributed by atoms with E-state index in [1.54, 1.807) is 59.3 Å². The van der Waals surface area contributed by atoms with Crippen molar-refractivity contribution in [3.63, 3.8) is 0 Å². The molecule has 4 aliphatic rings. The highest BCUT2D eigenvalue weighted by atomic mass is 79.9. The summed E-state index contributed by atoms with van der Waals surface area (Å²) < 4.78 is 58.1. The molecule has 0 spiro atoms. The summed E-state index contributed by atoms with van der Waals surface area (Å²) in [4.78, 5) is 66.4. The second-order valence-corrected chi connectivity index (χ2v) is 26.9. The van der Waals surface area contributed by atoms with Crippen molar-refractivity contribution in [3.8, 4) is 51.0 Å². The zero-order chi connectivity index (χ0) is 70.7. The summed E-state index contributed by atoms with van der Waals surface area (Å²) in [5, 5.41) is 8.92. The topological polar surface area (TPSA) is 193 Å². The van der Waals surface area contributed by atoms with Crippen molar-refractivity contribution in [3.05, 3.63) is 194 Å². The van der Waals surface area contributed by atoms with Crippen LogP contribution in [-0.4, -0.2) is 157 Å². The van der Waals surface area contributed by atoms with Crippen LogP contribution in [-0.2, 0) is 19.0 Å². The first kappa shape index (κ1) is 75.2. The number of hydrogen-bond acceptors (Lipinski definition) is 13. The summed E-state index contributed by atoms with van der Waals surface area (Å²) in [6.45, 7) is 52.0. The van der Waals surface area contributed by atoms with Crippen LogP contribution in [0.2, 0.25) is 0 Å². The first-order chi connectivity index (χ1) is 45.3. The smallest absolute Gasteiger partial charge is 0.410 e. The van der Waals surface area contributed by atoms with Crippen LogP contribution >= 0.6 is 31.9 Å². The number of para-hydroxylation sites is 2. The molecule has 10 rings (SSSR count). The maximum absolute atomic E-state index is 12.4. The van der Waals surface area contributed by atoms with Gasteiger partial charge >= 0.3 is 18.3 Å². The monoisotopic (exact) mass is 1440 g/mol. The summed E-state index contributed by atoms with van der Waals surface area (Å²) in [6, 6.07) is 35.4. The standard InChI is InChI=1S/C22H24N2O4.C20H18N2O3.C15H17BrN2O3.C8H15NO3.C7H3BrFN/c1-22(2,3)28-21(25)24-13-18(14-24)27-17-11-15(10-16(12-17)23-4)19-8-6-7-9-20(19)26-5;1-4-20(23)22-12-17(13-22)25-16-10-14(9-15(11-16)21-2)18-7-5-6-8-19(18)24-3;1-15(2,3)21-14(19)18-8-13(9-18)20-12-6-10(16)5-11(7-12)17-4;1-8(2,3)12-7(11)9-4-6(10)5-9;1-10-7-3-5(8)2-6(9)4-7/h6-12,18H,13-14H2,1-3,5H3;4-11,17H,1,12-13H2,3H3;5-7,13H,8-9H2,1-3H3;6,10H,4-5H2,1-3H3;2-4H. The Morgan fingerprint density at radius 2 is 0.812 bits per heavy atom. The number of aliphatic hydroxyl groups excluding tert-OH is 1. The van der Waals surface area contributed by atoms with Gasteiger partial charge in [-0.05, 0) is 164 Å². The number of amides is 4. The third kappa shape index (κ3) is 23.6. The van der Waals surface area contributed by atoms with Crippen molar-refractivity contribution in [1.29, 1.82) is 0 Å². The average molecular weight is 1440 g/mol. The maximum atomic E-state index is 12.4. The molecule has 0 aromatic heterocycles. The molecule has 4 fully saturated rings. The van der Waals surface area contributed by atoms with Crippen LogP contribution in [0.5, 0.6) is 28.7 Å². The first-order valence-electron chi connectivity index (χ1n) is 30.2. The predicted octanol–water partition coefficient (Wildman–Crippen LogP) is 16.3. The van der Waals surface area contributed by atoms with Gasteiger partial charge in [-0.15, -0.1) is 0 Å². The Hall–Kier alpha value is -9.85. The second kappa shape index (κ2) is 34.0. The Labute approximate surface area is 577 Å². The summed E-state index contributed by atoms with van der Waals surface area (Å²) in [6.07, 6.45) is -0.323. The minimum absolute atomic E-state index is 0.0644. The lowest BCUT2D eigenvalue weighted by Crippen LogP contribution is -2.57. The van der Waals surface area contributed by atoms with E-state index in [2.05, 4.69) is 57.8 Å². The van der Waals surface area contributed by atoms with Gasteiger partial charge in [0.1, 0.15) is 69.7 Å². The van der Waals surface area contributed by atoms with E-state index >= 15 is 0 Å². The molecule has 4 saturated heterocycles. The molecule has 96 heavy (non-hydrogen) atoms. The van der Waals surface area contributed by atoms with E-state index < -0.39 is 16.8 Å². The zero-order valence-electron chi connectivity index (χ0n) is 55.4. The highest BCUT2D eigenvalue weighted by Gasteiger charge is 2.37. The van der Waals surface area contributed by atoms with E-state index in [9.17, 15) is 23.6 Å². The third-order valence-electron chi connectivity index (χ3n) is 13.6. The number of halogens is 3. The molecule has 1 N–H and O–H groups in total. The van der Waals surface area contributed by atoms with E-state index in [1.807, 2.05) is 141 Å². The normalized spacial score (nSPS) is 14.2. The van der Waals surface area contributed by atoms with Gasteiger partial charge in [0.05, 0.1) is 99.0 Å². The minimum atomic E-state index is -0.517. The van der Waals surface area contributed by atoms with Crippen molar-refractivity contribution < 1.29 is 66.6 Å². The van der Waals surface area contributed by atoms with Crippen molar-refractivity contribution >= 4 is 78.8 Å². The number of aliphatic hydroxyl groups is 1. The molecular weight excluding hydrogens is 1360 g/mol. The third-order valence-corrected chi connectivity index (χ3v) is 14.5. The fraction of sp³-hybridized carbons (Fsp3) is 0.361. The number of carbonyl (C=O) groups is 4. The number of carbonyl (C=O) groups excluding carboxylic acids is 4. The molecule has 0 bridgehead atoms. The van der Waals surface area contributed by atoms with Crippen LogP contribution < -0.4 is 23.7 Å². The SMILES string of the molecule is CC(C)(C)OC(=O)N1CC(O)C1.[C-]#[N+]c1cc(Br)cc(OC2CN(C(=O)OC(C)(C)C)C2)c1.[C-]#[N+]c1cc(F)cc(Br)c1.[C-]#[N+]c1cc(OC2CN(C(=O)C=C)C2)cc(-c2ccccc2OC)c1.[C-]#[N+]c1cc(OC2CN(C(=O)OC(C)(C)C)C2)cc(-c2ccccc2OC)c1. The van der Waals surface area contributed by atoms with E-state index in [1.165, 1.54) is 23.1 Å². The fourth-order valence-electron chi connectivity index (χ4n) is 9.10.